The van der Waals surface area contributed by atoms with Gasteiger partial charge in [0.1, 0.15) is 0 Å². The molecule has 2 rings (SSSR count). The normalized spacial score (nSPS) is 15.9. The third-order valence-electron chi connectivity index (χ3n) is 2.88. The third-order valence-corrected chi connectivity index (χ3v) is 2.88. The number of nitrogens with zero attached hydrogens (tertiary/aromatic N) is 1. The first-order valence-corrected chi connectivity index (χ1v) is 6.31. The Labute approximate surface area is 125 Å². The maximum absolute atomic E-state index is 11.9. The summed E-state index contributed by atoms with van der Waals surface area (Å²) < 4.78 is 0. The van der Waals surface area contributed by atoms with Crippen LogP contribution in [0.3, 0.4) is 0 Å². The number of hydrogen-bond acceptors (Lipinski definition) is 6. The van der Waals surface area contributed by atoms with Crippen molar-refractivity contribution in [1.29, 1.82) is 0 Å². The Morgan fingerprint density at radius 1 is 1.14 bits per heavy atom. The Bertz CT molecular complexity index is 636. The predicted molar refractivity (Wildman–Crippen MR) is 73.8 cm³/mol. The summed E-state index contributed by atoms with van der Waals surface area (Å²) >= 11 is 0. The number of allylic oxidation sites excluding steroid dienone is 1. The molecule has 0 atom stereocenters. The van der Waals surface area contributed by atoms with E-state index in [0.717, 1.165) is 0 Å². The Morgan fingerprint density at radius 2 is 1.73 bits per heavy atom. The zero-order valence-electron chi connectivity index (χ0n) is 11.5. The largest absolute Gasteiger partial charge is 0.328 e. The number of amides is 5. The zero-order chi connectivity index (χ0) is 16.1. The molecule has 9 nitrogen and oxygen atoms in total. The summed E-state index contributed by atoms with van der Waals surface area (Å²) in [4.78, 5) is 50.2. The molecule has 4 N–H and O–H groups in total. The molecule has 1 aliphatic rings. The molecular formula is C13H13N5O4. The first-order valence-electron chi connectivity index (χ1n) is 6.31. The van der Waals surface area contributed by atoms with Gasteiger partial charge in [0, 0.05) is 23.7 Å². The van der Waals surface area contributed by atoms with Crippen molar-refractivity contribution in [3.8, 4) is 0 Å². The summed E-state index contributed by atoms with van der Waals surface area (Å²) in [7, 11) is 0. The second kappa shape index (κ2) is 6.48. The van der Waals surface area contributed by atoms with E-state index < -0.39 is 29.7 Å². The summed E-state index contributed by atoms with van der Waals surface area (Å²) in [6.07, 6.45) is 4.37. The van der Waals surface area contributed by atoms with E-state index in [4.69, 9.17) is 0 Å². The number of imide groups is 2. The van der Waals surface area contributed by atoms with Crippen molar-refractivity contribution in [3.63, 3.8) is 0 Å². The molecule has 9 heteroatoms. The molecule has 0 aromatic carbocycles. The van der Waals surface area contributed by atoms with Crippen LogP contribution in [0.2, 0.25) is 0 Å². The maximum atomic E-state index is 11.9. The SMILES string of the molecule is C/C=C(\NNC(=O)c1ccncc1)C1C(=O)NC(=O)NC1=O. The fourth-order valence-electron chi connectivity index (χ4n) is 1.82. The fraction of sp³-hybridized carbons (Fsp3) is 0.154. The van der Waals surface area contributed by atoms with Crippen LogP contribution in [-0.2, 0) is 9.59 Å². The van der Waals surface area contributed by atoms with Gasteiger partial charge >= 0.3 is 6.03 Å². The van der Waals surface area contributed by atoms with E-state index >= 15 is 0 Å². The van der Waals surface area contributed by atoms with Crippen LogP contribution < -0.4 is 21.5 Å². The standard InChI is InChI=1S/C13H13N5O4/c1-2-8(9-11(20)15-13(22)16-12(9)21)17-18-10(19)7-3-5-14-6-4-7/h2-6,9,17H,1H3,(H,18,19)(H2,15,16,20,21,22)/b8-2-. The molecule has 1 saturated heterocycles. The van der Waals surface area contributed by atoms with Crippen LogP contribution in [0.1, 0.15) is 17.3 Å². The van der Waals surface area contributed by atoms with Gasteiger partial charge < -0.3 is 5.43 Å². The molecule has 0 unspecified atom stereocenters. The summed E-state index contributed by atoms with van der Waals surface area (Å²) in [5.41, 5.74) is 5.39. The second-order valence-electron chi connectivity index (χ2n) is 4.30. The lowest BCUT2D eigenvalue weighted by atomic mass is 10.0. The average molecular weight is 303 g/mol. The molecule has 1 aliphatic heterocycles. The van der Waals surface area contributed by atoms with E-state index in [1.165, 1.54) is 30.6 Å². The van der Waals surface area contributed by atoms with Gasteiger partial charge in [0.15, 0.2) is 5.92 Å². The molecule has 1 fully saturated rings. The van der Waals surface area contributed by atoms with Crippen LogP contribution in [0.25, 0.3) is 0 Å². The number of urea groups is 1. The van der Waals surface area contributed by atoms with Gasteiger partial charge in [-0.3, -0.25) is 35.4 Å². The highest BCUT2D eigenvalue weighted by atomic mass is 16.2. The Balaban J connectivity index is 2.04. The molecule has 0 spiro atoms. The van der Waals surface area contributed by atoms with Crippen molar-refractivity contribution in [2.45, 2.75) is 6.92 Å². The highest BCUT2D eigenvalue weighted by molar-refractivity contribution is 6.17. The summed E-state index contributed by atoms with van der Waals surface area (Å²) in [6, 6.07) is 2.14. The van der Waals surface area contributed by atoms with Gasteiger partial charge in [-0.25, -0.2) is 4.79 Å². The first-order chi connectivity index (χ1) is 10.5. The monoisotopic (exact) mass is 303 g/mol. The van der Waals surface area contributed by atoms with Crippen molar-refractivity contribution < 1.29 is 19.2 Å². The number of aromatic nitrogens is 1. The van der Waals surface area contributed by atoms with Gasteiger partial charge in [-0.2, -0.15) is 0 Å². The van der Waals surface area contributed by atoms with E-state index in [2.05, 4.69) is 15.8 Å². The first kappa shape index (κ1) is 15.2. The molecule has 22 heavy (non-hydrogen) atoms. The molecule has 2 heterocycles. The van der Waals surface area contributed by atoms with Crippen LogP contribution >= 0.6 is 0 Å². The number of carbonyl (C=O) groups is 4. The van der Waals surface area contributed by atoms with E-state index in [9.17, 15) is 19.2 Å². The molecule has 1 aromatic rings. The van der Waals surface area contributed by atoms with Crippen molar-refractivity contribution in [1.82, 2.24) is 26.5 Å². The topological polar surface area (TPSA) is 129 Å². The van der Waals surface area contributed by atoms with Crippen molar-refractivity contribution in [2.75, 3.05) is 0 Å². The number of pyridine rings is 1. The van der Waals surface area contributed by atoms with Crippen molar-refractivity contribution >= 4 is 23.8 Å². The fourth-order valence-corrected chi connectivity index (χ4v) is 1.82. The smallest absolute Gasteiger partial charge is 0.301 e. The van der Waals surface area contributed by atoms with Crippen LogP contribution in [0.4, 0.5) is 4.79 Å². The van der Waals surface area contributed by atoms with Gasteiger partial charge in [-0.05, 0) is 19.1 Å². The van der Waals surface area contributed by atoms with Gasteiger partial charge in [0.2, 0.25) is 11.8 Å². The number of carbonyl (C=O) groups excluding carboxylic acids is 4. The van der Waals surface area contributed by atoms with Gasteiger partial charge in [0.25, 0.3) is 5.91 Å². The molecule has 0 radical (unpaired) electrons. The van der Waals surface area contributed by atoms with E-state index in [1.54, 1.807) is 6.92 Å². The number of hydrogen-bond donors (Lipinski definition) is 4. The molecular weight excluding hydrogens is 290 g/mol. The third kappa shape index (κ3) is 3.26. The summed E-state index contributed by atoms with van der Waals surface area (Å²) in [5.74, 6) is -3.25. The van der Waals surface area contributed by atoms with E-state index in [-0.39, 0.29) is 5.70 Å². The molecule has 5 amide bonds. The van der Waals surface area contributed by atoms with E-state index in [0.29, 0.717) is 5.56 Å². The average Bonchev–Trinajstić information content (AvgIpc) is 2.50. The second-order valence-corrected chi connectivity index (χ2v) is 4.30. The Morgan fingerprint density at radius 3 is 2.27 bits per heavy atom. The molecule has 0 bridgehead atoms. The maximum Gasteiger partial charge on any atom is 0.328 e. The minimum atomic E-state index is -1.25. The zero-order valence-corrected chi connectivity index (χ0v) is 11.5. The van der Waals surface area contributed by atoms with Crippen LogP contribution in [0.15, 0.2) is 36.3 Å². The number of barbiturate groups is 1. The minimum absolute atomic E-state index is 0.143. The van der Waals surface area contributed by atoms with Crippen LogP contribution in [-0.4, -0.2) is 28.7 Å². The lowest BCUT2D eigenvalue weighted by molar-refractivity contribution is -0.134. The summed E-state index contributed by atoms with van der Waals surface area (Å²) in [5, 5.41) is 3.96. The van der Waals surface area contributed by atoms with E-state index in [1.807, 2.05) is 10.6 Å². The number of nitrogens with one attached hydrogen (secondary N) is 4. The van der Waals surface area contributed by atoms with Crippen LogP contribution in [0, 0.1) is 5.92 Å². The van der Waals surface area contributed by atoms with Gasteiger partial charge in [-0.1, -0.05) is 6.08 Å². The number of hydrazine groups is 1. The lowest BCUT2D eigenvalue weighted by Crippen LogP contribution is -2.58. The lowest BCUT2D eigenvalue weighted by Gasteiger charge is -2.23. The summed E-state index contributed by atoms with van der Waals surface area (Å²) in [6.45, 7) is 1.58. The van der Waals surface area contributed by atoms with Gasteiger partial charge in [0.05, 0.1) is 0 Å². The Hall–Kier alpha value is -3.23. The molecule has 0 saturated carbocycles. The van der Waals surface area contributed by atoms with Crippen LogP contribution in [0.5, 0.6) is 0 Å². The highest BCUT2D eigenvalue weighted by Crippen LogP contribution is 2.11. The van der Waals surface area contributed by atoms with Crippen molar-refractivity contribution in [3.05, 3.63) is 41.9 Å². The van der Waals surface area contributed by atoms with Gasteiger partial charge in [-0.15, -0.1) is 0 Å². The quantitative estimate of drug-likeness (QED) is 0.426. The minimum Gasteiger partial charge on any atom is -0.301 e. The Kier molecular flexibility index (Phi) is 4.47. The van der Waals surface area contributed by atoms with Crippen molar-refractivity contribution in [2.24, 2.45) is 5.92 Å². The number of rotatable bonds is 4. The molecule has 1 aromatic heterocycles. The highest BCUT2D eigenvalue weighted by Gasteiger charge is 2.37. The molecule has 114 valence electrons. The predicted octanol–water partition coefficient (Wildman–Crippen LogP) is -0.798. The molecule has 0 aliphatic carbocycles.